The van der Waals surface area contributed by atoms with Crippen LogP contribution in [0.1, 0.15) is 22.1 Å². The Morgan fingerprint density at radius 1 is 1.12 bits per heavy atom. The normalized spacial score (nSPS) is 10.5. The lowest BCUT2D eigenvalue weighted by Gasteiger charge is -2.08. The fourth-order valence-electron chi connectivity index (χ4n) is 2.07. The van der Waals surface area contributed by atoms with Crippen LogP contribution >= 0.6 is 15.9 Å². The Morgan fingerprint density at radius 3 is 2.67 bits per heavy atom. The molecule has 0 saturated heterocycles. The molecule has 0 saturated carbocycles. The lowest BCUT2D eigenvalue weighted by molar-refractivity contribution is 0.102. The molecule has 0 aliphatic rings. The Labute approximate surface area is 146 Å². The molecule has 2 heterocycles. The number of nitrogens with zero attached hydrogens (tertiary/aromatic N) is 3. The van der Waals surface area contributed by atoms with Crippen molar-refractivity contribution < 1.29 is 9.32 Å². The molecule has 2 N–H and O–H groups in total. The van der Waals surface area contributed by atoms with Crippen molar-refractivity contribution in [2.75, 3.05) is 10.6 Å². The Balaban J connectivity index is 1.81. The van der Waals surface area contributed by atoms with E-state index in [2.05, 4.69) is 41.7 Å². The van der Waals surface area contributed by atoms with Crippen molar-refractivity contribution in [1.82, 2.24) is 15.1 Å². The smallest absolute Gasteiger partial charge is 0.275 e. The summed E-state index contributed by atoms with van der Waals surface area (Å²) in [4.78, 5) is 20.8. The van der Waals surface area contributed by atoms with Crippen molar-refractivity contribution in [3.05, 3.63) is 58.1 Å². The van der Waals surface area contributed by atoms with Crippen molar-refractivity contribution in [3.63, 3.8) is 0 Å². The third-order valence-corrected chi connectivity index (χ3v) is 3.53. The van der Waals surface area contributed by atoms with Crippen LogP contribution < -0.4 is 10.6 Å². The van der Waals surface area contributed by atoms with E-state index in [0.717, 1.165) is 10.2 Å². The number of carbonyl (C=O) groups excluding carboxylic acids is 1. The number of amides is 1. The van der Waals surface area contributed by atoms with E-state index < -0.39 is 0 Å². The first kappa shape index (κ1) is 16.1. The van der Waals surface area contributed by atoms with E-state index in [-0.39, 0.29) is 11.6 Å². The van der Waals surface area contributed by atoms with Crippen LogP contribution in [0.2, 0.25) is 0 Å². The molecule has 0 spiro atoms. The van der Waals surface area contributed by atoms with Gasteiger partial charge in [-0.1, -0.05) is 27.2 Å². The molecule has 122 valence electrons. The summed E-state index contributed by atoms with van der Waals surface area (Å²) in [5, 5.41) is 9.52. The molecule has 2 aromatic heterocycles. The summed E-state index contributed by atoms with van der Waals surface area (Å²) in [6, 6.07) is 10.9. The largest absolute Gasteiger partial charge is 0.360 e. The maximum absolute atomic E-state index is 12.3. The number of carbonyl (C=O) groups is 1. The highest BCUT2D eigenvalue weighted by Crippen LogP contribution is 2.20. The van der Waals surface area contributed by atoms with Gasteiger partial charge in [0.15, 0.2) is 5.82 Å². The molecule has 0 atom stereocenters. The van der Waals surface area contributed by atoms with Crippen LogP contribution in [-0.4, -0.2) is 21.0 Å². The number of rotatable bonds is 4. The molecule has 0 aliphatic carbocycles. The van der Waals surface area contributed by atoms with Crippen LogP contribution in [-0.2, 0) is 0 Å². The van der Waals surface area contributed by atoms with Crippen molar-refractivity contribution >= 4 is 39.2 Å². The lowest BCUT2D eigenvalue weighted by atomic mass is 10.3. The third-order valence-electron chi connectivity index (χ3n) is 3.04. The minimum atomic E-state index is -0.383. The van der Waals surface area contributed by atoms with Crippen molar-refractivity contribution in [2.24, 2.45) is 0 Å². The van der Waals surface area contributed by atoms with Gasteiger partial charge in [0.05, 0.1) is 0 Å². The second kappa shape index (κ2) is 6.79. The monoisotopic (exact) mass is 387 g/mol. The molecule has 3 rings (SSSR count). The van der Waals surface area contributed by atoms with Gasteiger partial charge >= 0.3 is 0 Å². The predicted octanol–water partition coefficient (Wildman–Crippen LogP) is 3.84. The number of anilines is 3. The first-order valence-electron chi connectivity index (χ1n) is 7.12. The van der Waals surface area contributed by atoms with E-state index in [1.54, 1.807) is 26.0 Å². The van der Waals surface area contributed by atoms with Gasteiger partial charge in [0.1, 0.15) is 23.1 Å². The summed E-state index contributed by atoms with van der Waals surface area (Å²) in [6.07, 6.45) is 0. The number of aromatic nitrogens is 3. The minimum Gasteiger partial charge on any atom is -0.360 e. The molecule has 1 amide bonds. The number of benzene rings is 1. The molecular formula is C16H14BrN5O2. The van der Waals surface area contributed by atoms with Crippen molar-refractivity contribution in [1.29, 1.82) is 0 Å². The van der Waals surface area contributed by atoms with Gasteiger partial charge < -0.3 is 15.2 Å². The molecule has 0 aliphatic heterocycles. The molecule has 24 heavy (non-hydrogen) atoms. The van der Waals surface area contributed by atoms with Crippen LogP contribution in [0.3, 0.4) is 0 Å². The highest BCUT2D eigenvalue weighted by Gasteiger charge is 2.13. The first-order chi connectivity index (χ1) is 11.5. The Kier molecular flexibility index (Phi) is 4.57. The molecular weight excluding hydrogens is 374 g/mol. The van der Waals surface area contributed by atoms with Gasteiger partial charge in [0.25, 0.3) is 5.91 Å². The average Bonchev–Trinajstić information content (AvgIpc) is 2.91. The van der Waals surface area contributed by atoms with E-state index in [0.29, 0.717) is 23.2 Å². The highest BCUT2D eigenvalue weighted by molar-refractivity contribution is 9.10. The number of hydrogen-bond acceptors (Lipinski definition) is 6. The summed E-state index contributed by atoms with van der Waals surface area (Å²) in [6.45, 7) is 3.47. The molecule has 0 fully saturated rings. The van der Waals surface area contributed by atoms with E-state index in [1.165, 1.54) is 0 Å². The summed E-state index contributed by atoms with van der Waals surface area (Å²) in [7, 11) is 0. The molecule has 0 bridgehead atoms. The maximum Gasteiger partial charge on any atom is 0.275 e. The maximum atomic E-state index is 12.3. The summed E-state index contributed by atoms with van der Waals surface area (Å²) >= 11 is 3.41. The van der Waals surface area contributed by atoms with Gasteiger partial charge in [-0.25, -0.2) is 9.97 Å². The third kappa shape index (κ3) is 3.96. The molecule has 8 heteroatoms. The van der Waals surface area contributed by atoms with Gasteiger partial charge in [-0.3, -0.25) is 4.79 Å². The van der Waals surface area contributed by atoms with Crippen LogP contribution in [0.5, 0.6) is 0 Å². The molecule has 0 unspecified atom stereocenters. The summed E-state index contributed by atoms with van der Waals surface area (Å²) in [5.41, 5.74) is 1.08. The van der Waals surface area contributed by atoms with Gasteiger partial charge in [-0.05, 0) is 32.0 Å². The fraction of sp³-hybridized carbons (Fsp3) is 0.125. The zero-order valence-corrected chi connectivity index (χ0v) is 14.6. The van der Waals surface area contributed by atoms with E-state index >= 15 is 0 Å². The number of halogens is 1. The molecule has 0 radical (unpaired) electrons. The number of hydrogen-bond donors (Lipinski definition) is 2. The van der Waals surface area contributed by atoms with Gasteiger partial charge in [-0.15, -0.1) is 0 Å². The molecule has 7 nitrogen and oxygen atoms in total. The predicted molar refractivity (Wildman–Crippen MR) is 93.4 cm³/mol. The van der Waals surface area contributed by atoms with Crippen LogP contribution in [0.4, 0.5) is 17.3 Å². The zero-order chi connectivity index (χ0) is 17.1. The van der Waals surface area contributed by atoms with Crippen LogP contribution in [0.15, 0.2) is 45.4 Å². The van der Waals surface area contributed by atoms with Gasteiger partial charge in [0, 0.05) is 22.3 Å². The SMILES string of the molecule is Cc1nc(Nc2cccc(Br)c2)cc(C(=O)Nc2cc(C)on2)n1. The Bertz CT molecular complexity index is 894. The lowest BCUT2D eigenvalue weighted by Crippen LogP contribution is -2.15. The highest BCUT2D eigenvalue weighted by atomic mass is 79.9. The topological polar surface area (TPSA) is 92.9 Å². The average molecular weight is 388 g/mol. The molecule has 1 aromatic carbocycles. The first-order valence-corrected chi connectivity index (χ1v) is 7.92. The van der Waals surface area contributed by atoms with Crippen molar-refractivity contribution in [3.8, 4) is 0 Å². The second-order valence-electron chi connectivity index (χ2n) is 5.10. The van der Waals surface area contributed by atoms with E-state index in [4.69, 9.17) is 4.52 Å². The second-order valence-corrected chi connectivity index (χ2v) is 6.01. The minimum absolute atomic E-state index is 0.237. The molecule has 3 aromatic rings. The van der Waals surface area contributed by atoms with E-state index in [9.17, 15) is 4.79 Å². The van der Waals surface area contributed by atoms with Gasteiger partial charge in [-0.2, -0.15) is 0 Å². The van der Waals surface area contributed by atoms with Gasteiger partial charge in [0.2, 0.25) is 0 Å². The summed E-state index contributed by atoms with van der Waals surface area (Å²) in [5.74, 6) is 1.58. The Morgan fingerprint density at radius 2 is 1.96 bits per heavy atom. The number of aryl methyl sites for hydroxylation is 2. The van der Waals surface area contributed by atoms with Crippen molar-refractivity contribution in [2.45, 2.75) is 13.8 Å². The standard InChI is InChI=1S/C16H14BrN5O2/c1-9-6-15(22-24-9)21-16(23)13-8-14(19-10(2)18-13)20-12-5-3-4-11(17)7-12/h3-8H,1-2H3,(H,18,19,20)(H,21,22,23). The fourth-order valence-corrected chi connectivity index (χ4v) is 2.47. The van der Waals surface area contributed by atoms with Crippen LogP contribution in [0, 0.1) is 13.8 Å². The number of nitrogens with one attached hydrogen (secondary N) is 2. The summed E-state index contributed by atoms with van der Waals surface area (Å²) < 4.78 is 5.87. The van der Waals surface area contributed by atoms with Crippen LogP contribution in [0.25, 0.3) is 0 Å². The Hall–Kier alpha value is -2.74. The quantitative estimate of drug-likeness (QED) is 0.706. The zero-order valence-electron chi connectivity index (χ0n) is 13.0. The van der Waals surface area contributed by atoms with E-state index in [1.807, 2.05) is 24.3 Å².